The van der Waals surface area contributed by atoms with Crippen LogP contribution in [0, 0.1) is 0 Å². The Bertz CT molecular complexity index is 591. The fourth-order valence-electron chi connectivity index (χ4n) is 3.15. The van der Waals surface area contributed by atoms with Crippen molar-refractivity contribution in [1.29, 1.82) is 0 Å². The van der Waals surface area contributed by atoms with E-state index in [0.29, 0.717) is 0 Å². The fourth-order valence-corrected chi connectivity index (χ4v) is 4.52. The third-order valence-corrected chi connectivity index (χ3v) is 5.91. The molecule has 0 aromatic heterocycles. The largest absolute Gasteiger partial charge is 0.366 e. The molecule has 4 heteroatoms. The van der Waals surface area contributed by atoms with Gasteiger partial charge in [-0.2, -0.15) is 0 Å². The van der Waals surface area contributed by atoms with E-state index in [1.165, 1.54) is 11.1 Å². The van der Waals surface area contributed by atoms with Gasteiger partial charge in [-0.25, -0.2) is 0 Å². The lowest BCUT2D eigenvalue weighted by molar-refractivity contribution is -0.0497. The molecule has 2 aliphatic rings. The van der Waals surface area contributed by atoms with E-state index in [9.17, 15) is 5.11 Å². The summed E-state index contributed by atoms with van der Waals surface area (Å²) in [7, 11) is 3.73. The summed E-state index contributed by atoms with van der Waals surface area (Å²) >= 11 is 1.68. The Morgan fingerprint density at radius 2 is 2.10 bits per heavy atom. The maximum absolute atomic E-state index is 11.3. The average molecular weight is 290 g/mol. The molecule has 1 aliphatic carbocycles. The number of rotatable bonds is 0. The Balaban J connectivity index is 2.13. The molecule has 0 spiro atoms. The van der Waals surface area contributed by atoms with Crippen LogP contribution in [-0.2, 0) is 17.6 Å². The summed E-state index contributed by atoms with van der Waals surface area (Å²) in [6.07, 6.45) is 0.907. The van der Waals surface area contributed by atoms with Gasteiger partial charge in [0.25, 0.3) is 0 Å². The number of thioether (sulfide) groups is 1. The van der Waals surface area contributed by atoms with Crippen molar-refractivity contribution in [2.75, 3.05) is 14.1 Å². The van der Waals surface area contributed by atoms with E-state index in [0.717, 1.165) is 17.2 Å². The van der Waals surface area contributed by atoms with E-state index < -0.39 is 5.72 Å². The Labute approximate surface area is 125 Å². The van der Waals surface area contributed by atoms with E-state index in [4.69, 9.17) is 0 Å². The van der Waals surface area contributed by atoms with Crippen LogP contribution in [0.15, 0.2) is 23.2 Å². The number of amidine groups is 1. The van der Waals surface area contributed by atoms with Gasteiger partial charge in [-0.1, -0.05) is 50.7 Å². The minimum Gasteiger partial charge on any atom is -0.366 e. The number of fused-ring (bicyclic) bond motifs is 3. The summed E-state index contributed by atoms with van der Waals surface area (Å²) < 4.78 is 0. The van der Waals surface area contributed by atoms with Crippen LogP contribution >= 0.6 is 11.8 Å². The van der Waals surface area contributed by atoms with Crippen molar-refractivity contribution >= 4 is 16.9 Å². The van der Waals surface area contributed by atoms with Crippen LogP contribution in [0.2, 0.25) is 0 Å². The molecule has 1 aromatic carbocycles. The molecule has 0 amide bonds. The molecule has 1 N–H and O–H groups in total. The second-order valence-electron chi connectivity index (χ2n) is 6.72. The summed E-state index contributed by atoms with van der Waals surface area (Å²) in [6, 6.07) is 6.57. The highest BCUT2D eigenvalue weighted by Crippen LogP contribution is 2.51. The van der Waals surface area contributed by atoms with Crippen LogP contribution in [0.25, 0.3) is 0 Å². The predicted octanol–water partition coefficient (Wildman–Crippen LogP) is 2.72. The Kier molecular flexibility index (Phi) is 2.96. The summed E-state index contributed by atoms with van der Waals surface area (Å²) in [5.74, 6) is 0. The molecule has 2 atom stereocenters. The molecule has 0 bridgehead atoms. The van der Waals surface area contributed by atoms with Crippen molar-refractivity contribution < 1.29 is 5.11 Å². The van der Waals surface area contributed by atoms with Gasteiger partial charge in [0, 0.05) is 19.7 Å². The first-order chi connectivity index (χ1) is 9.28. The Morgan fingerprint density at radius 3 is 2.70 bits per heavy atom. The van der Waals surface area contributed by atoms with Crippen LogP contribution in [0.3, 0.4) is 0 Å². The lowest BCUT2D eigenvalue weighted by Gasteiger charge is -2.32. The van der Waals surface area contributed by atoms with E-state index in [2.05, 4.69) is 44.0 Å². The van der Waals surface area contributed by atoms with Crippen LogP contribution in [-0.4, -0.2) is 34.5 Å². The van der Waals surface area contributed by atoms with Crippen molar-refractivity contribution in [3.8, 4) is 0 Å². The molecule has 20 heavy (non-hydrogen) atoms. The molecule has 3 nitrogen and oxygen atoms in total. The average Bonchev–Trinajstić information content (AvgIpc) is 2.79. The van der Waals surface area contributed by atoms with E-state index in [1.807, 2.05) is 11.9 Å². The molecule has 1 saturated heterocycles. The highest BCUT2D eigenvalue weighted by molar-refractivity contribution is 8.14. The van der Waals surface area contributed by atoms with Crippen molar-refractivity contribution in [2.24, 2.45) is 4.99 Å². The molecular formula is C16H22N2OS. The van der Waals surface area contributed by atoms with Gasteiger partial charge in [0.05, 0.1) is 5.25 Å². The second-order valence-corrected chi connectivity index (χ2v) is 7.89. The van der Waals surface area contributed by atoms with Gasteiger partial charge in [-0.3, -0.25) is 4.99 Å². The summed E-state index contributed by atoms with van der Waals surface area (Å²) in [6.45, 7) is 6.62. The summed E-state index contributed by atoms with van der Waals surface area (Å²) in [4.78, 5) is 6.22. The minimum atomic E-state index is -0.907. The standard InChI is InChI=1S/C16H22N2OS/c1-15(2,3)11-7-6-10-8-13-16(19,12(10)9-11)18(5)14(17-4)20-13/h6-7,9,13,19H,8H2,1-5H3. The molecule has 1 fully saturated rings. The zero-order chi connectivity index (χ0) is 14.7. The van der Waals surface area contributed by atoms with Crippen molar-refractivity contribution in [3.63, 3.8) is 0 Å². The number of nitrogens with zero attached hydrogens (tertiary/aromatic N) is 2. The van der Waals surface area contributed by atoms with Gasteiger partial charge in [-0.15, -0.1) is 0 Å². The number of benzene rings is 1. The van der Waals surface area contributed by atoms with Gasteiger partial charge in [0.1, 0.15) is 0 Å². The molecule has 1 heterocycles. The maximum Gasteiger partial charge on any atom is 0.178 e. The maximum atomic E-state index is 11.3. The molecule has 3 rings (SSSR count). The van der Waals surface area contributed by atoms with E-state index >= 15 is 0 Å². The summed E-state index contributed by atoms with van der Waals surface area (Å²) in [5, 5.41) is 12.3. The van der Waals surface area contributed by atoms with Crippen LogP contribution in [0.1, 0.15) is 37.5 Å². The van der Waals surface area contributed by atoms with Crippen LogP contribution < -0.4 is 0 Å². The molecule has 0 saturated carbocycles. The smallest absolute Gasteiger partial charge is 0.178 e. The number of aliphatic imine (C=N–C) groups is 1. The monoisotopic (exact) mass is 290 g/mol. The lowest BCUT2D eigenvalue weighted by atomic mass is 9.85. The summed E-state index contributed by atoms with van der Waals surface area (Å²) in [5.41, 5.74) is 2.78. The number of hydrogen-bond acceptors (Lipinski definition) is 3. The minimum absolute atomic E-state index is 0.0927. The van der Waals surface area contributed by atoms with Gasteiger partial charge < -0.3 is 10.0 Å². The molecule has 0 radical (unpaired) electrons. The van der Waals surface area contributed by atoms with Gasteiger partial charge in [-0.05, 0) is 23.0 Å². The fraction of sp³-hybridized carbons (Fsp3) is 0.562. The van der Waals surface area contributed by atoms with Gasteiger partial charge in [0.15, 0.2) is 10.9 Å². The normalized spacial score (nSPS) is 30.8. The van der Waals surface area contributed by atoms with Crippen molar-refractivity contribution in [1.82, 2.24) is 4.90 Å². The quantitative estimate of drug-likeness (QED) is 0.798. The van der Waals surface area contributed by atoms with Crippen LogP contribution in [0.4, 0.5) is 0 Å². The topological polar surface area (TPSA) is 35.8 Å². The Hall–Kier alpha value is -1.00. The first kappa shape index (κ1) is 14.0. The Morgan fingerprint density at radius 1 is 1.40 bits per heavy atom. The lowest BCUT2D eigenvalue weighted by Crippen LogP contribution is -2.44. The van der Waals surface area contributed by atoms with Crippen molar-refractivity contribution in [3.05, 3.63) is 34.9 Å². The molecular weight excluding hydrogens is 268 g/mol. The zero-order valence-corrected chi connectivity index (χ0v) is 13.6. The van der Waals surface area contributed by atoms with Crippen LogP contribution in [0.5, 0.6) is 0 Å². The first-order valence-corrected chi connectivity index (χ1v) is 7.90. The highest BCUT2D eigenvalue weighted by atomic mass is 32.2. The van der Waals surface area contributed by atoms with E-state index in [1.54, 1.807) is 18.8 Å². The molecule has 1 aliphatic heterocycles. The highest BCUT2D eigenvalue weighted by Gasteiger charge is 2.55. The van der Waals surface area contributed by atoms with E-state index in [-0.39, 0.29) is 10.7 Å². The SMILES string of the molecule is CN=C1SC2Cc3ccc(C(C)(C)C)cc3C2(O)N1C. The van der Waals surface area contributed by atoms with Crippen molar-refractivity contribution in [2.45, 2.75) is 43.6 Å². The molecule has 1 aromatic rings. The van der Waals surface area contributed by atoms with Gasteiger partial charge >= 0.3 is 0 Å². The first-order valence-electron chi connectivity index (χ1n) is 7.02. The molecule has 2 unspecified atom stereocenters. The number of aliphatic hydroxyl groups is 1. The number of hydrogen-bond donors (Lipinski definition) is 1. The third-order valence-electron chi connectivity index (χ3n) is 4.46. The van der Waals surface area contributed by atoms with Gasteiger partial charge in [0.2, 0.25) is 0 Å². The molecule has 108 valence electrons. The third kappa shape index (κ3) is 1.74. The predicted molar refractivity (Wildman–Crippen MR) is 85.2 cm³/mol. The zero-order valence-electron chi connectivity index (χ0n) is 12.8. The second kappa shape index (κ2) is 4.25.